The molecule has 0 bridgehead atoms. The van der Waals surface area contributed by atoms with Crippen LogP contribution in [0.15, 0.2) is 17.0 Å². The van der Waals surface area contributed by atoms with Crippen molar-refractivity contribution < 1.29 is 12.8 Å². The molecular weight excluding hydrogens is 357 g/mol. The van der Waals surface area contributed by atoms with Crippen molar-refractivity contribution in [1.82, 2.24) is 4.72 Å². The second-order valence-electron chi connectivity index (χ2n) is 5.75. The molecule has 2 unspecified atom stereocenters. The van der Waals surface area contributed by atoms with Gasteiger partial charge in [-0.25, -0.2) is 17.5 Å². The van der Waals surface area contributed by atoms with Crippen LogP contribution < -0.4 is 4.72 Å². The quantitative estimate of drug-likeness (QED) is 0.642. The normalized spacial score (nSPS) is 23.8. The van der Waals surface area contributed by atoms with Crippen LogP contribution in [0.2, 0.25) is 0 Å². The van der Waals surface area contributed by atoms with Gasteiger partial charge in [-0.05, 0) is 49.9 Å². The van der Waals surface area contributed by atoms with Crippen LogP contribution in [0.1, 0.15) is 43.2 Å². The number of nitrogens with one attached hydrogen (secondary N) is 1. The Balaban J connectivity index is 2.30. The van der Waals surface area contributed by atoms with E-state index < -0.39 is 15.8 Å². The summed E-state index contributed by atoms with van der Waals surface area (Å²) in [5.41, 5.74) is 0.888. The average molecular weight is 378 g/mol. The summed E-state index contributed by atoms with van der Waals surface area (Å²) in [6, 6.07) is 2.42. The van der Waals surface area contributed by atoms with Gasteiger partial charge in [-0.2, -0.15) is 0 Å². The molecule has 2 rings (SSSR count). The maximum Gasteiger partial charge on any atom is 0.241 e. The van der Waals surface area contributed by atoms with Crippen LogP contribution in [-0.4, -0.2) is 19.3 Å². The molecule has 0 saturated heterocycles. The van der Waals surface area contributed by atoms with Crippen LogP contribution in [-0.2, 0) is 10.0 Å². The summed E-state index contributed by atoms with van der Waals surface area (Å²) in [6.45, 7) is 3.26. The first-order chi connectivity index (χ1) is 9.81. The number of benzene rings is 1. The predicted octanol–water partition coefficient (Wildman–Crippen LogP) is 3.82. The van der Waals surface area contributed by atoms with Gasteiger partial charge >= 0.3 is 0 Å². The lowest BCUT2D eigenvalue weighted by Gasteiger charge is -2.22. The van der Waals surface area contributed by atoms with Crippen LogP contribution in [0.5, 0.6) is 0 Å². The molecule has 0 amide bonds. The van der Waals surface area contributed by atoms with Gasteiger partial charge in [0, 0.05) is 10.9 Å². The maximum absolute atomic E-state index is 13.3. The third-order valence-electron chi connectivity index (χ3n) is 3.93. The third-order valence-corrected chi connectivity index (χ3v) is 6.82. The standard InChI is InChI=1S/C15H21BrFNO2S/c1-10-8-12(17)9-11(2)15(10)21(19,20)18-14-7-5-3-4-6-13(14)16/h8-9,13-14,18H,3-7H2,1-2H3. The van der Waals surface area contributed by atoms with E-state index in [4.69, 9.17) is 0 Å². The number of rotatable bonds is 3. The highest BCUT2D eigenvalue weighted by Crippen LogP contribution is 2.27. The topological polar surface area (TPSA) is 46.2 Å². The number of halogens is 2. The Labute approximate surface area is 134 Å². The first-order valence-electron chi connectivity index (χ1n) is 7.24. The molecular formula is C15H21BrFNO2S. The van der Waals surface area contributed by atoms with Gasteiger partial charge in [0.2, 0.25) is 10.0 Å². The molecule has 1 aliphatic carbocycles. The SMILES string of the molecule is Cc1cc(F)cc(C)c1S(=O)(=O)NC1CCCCCC1Br. The van der Waals surface area contributed by atoms with Crippen LogP contribution in [0, 0.1) is 19.7 Å². The van der Waals surface area contributed by atoms with E-state index >= 15 is 0 Å². The fourth-order valence-corrected chi connectivity index (χ4v) is 5.63. The lowest BCUT2D eigenvalue weighted by atomic mass is 10.1. The molecule has 1 N–H and O–H groups in total. The van der Waals surface area contributed by atoms with E-state index in [9.17, 15) is 12.8 Å². The number of hydrogen-bond donors (Lipinski definition) is 1. The minimum Gasteiger partial charge on any atom is -0.207 e. The molecule has 1 aromatic rings. The number of sulfonamides is 1. The molecule has 1 aromatic carbocycles. The number of hydrogen-bond acceptors (Lipinski definition) is 2. The van der Waals surface area contributed by atoms with Crippen molar-refractivity contribution in [3.05, 3.63) is 29.1 Å². The van der Waals surface area contributed by atoms with Gasteiger partial charge in [0.25, 0.3) is 0 Å². The highest BCUT2D eigenvalue weighted by Gasteiger charge is 2.28. The summed E-state index contributed by atoms with van der Waals surface area (Å²) in [5, 5.41) is 0. The minimum absolute atomic E-state index is 0.110. The molecule has 0 aliphatic heterocycles. The Hall–Kier alpha value is -0.460. The Kier molecular flexibility index (Phi) is 5.43. The van der Waals surface area contributed by atoms with Gasteiger partial charge < -0.3 is 0 Å². The first-order valence-corrected chi connectivity index (χ1v) is 9.64. The lowest BCUT2D eigenvalue weighted by molar-refractivity contribution is 0.519. The maximum atomic E-state index is 13.3. The molecule has 0 heterocycles. The van der Waals surface area contributed by atoms with Crippen molar-refractivity contribution in [2.24, 2.45) is 0 Å². The van der Waals surface area contributed by atoms with Gasteiger partial charge in [0.15, 0.2) is 0 Å². The van der Waals surface area contributed by atoms with Crippen LogP contribution in [0.25, 0.3) is 0 Å². The predicted molar refractivity (Wildman–Crippen MR) is 85.8 cm³/mol. The Morgan fingerprint density at radius 2 is 1.71 bits per heavy atom. The molecule has 1 aliphatic rings. The van der Waals surface area contributed by atoms with Crippen molar-refractivity contribution in [2.75, 3.05) is 0 Å². The van der Waals surface area contributed by atoms with Crippen molar-refractivity contribution in [3.63, 3.8) is 0 Å². The lowest BCUT2D eigenvalue weighted by Crippen LogP contribution is -2.40. The average Bonchev–Trinajstić information content (AvgIpc) is 2.52. The van der Waals surface area contributed by atoms with E-state index in [0.717, 1.165) is 32.1 Å². The van der Waals surface area contributed by atoms with E-state index in [1.165, 1.54) is 12.1 Å². The molecule has 6 heteroatoms. The highest BCUT2D eigenvalue weighted by atomic mass is 79.9. The van der Waals surface area contributed by atoms with Crippen LogP contribution >= 0.6 is 15.9 Å². The molecule has 1 fully saturated rings. The largest absolute Gasteiger partial charge is 0.241 e. The van der Waals surface area contributed by atoms with Crippen molar-refractivity contribution in [2.45, 2.75) is 61.7 Å². The zero-order valence-electron chi connectivity index (χ0n) is 12.3. The summed E-state index contributed by atoms with van der Waals surface area (Å²) >= 11 is 3.59. The number of aryl methyl sites for hydroxylation is 2. The molecule has 0 aromatic heterocycles. The molecule has 0 spiro atoms. The first kappa shape index (κ1) is 16.9. The summed E-state index contributed by atoms with van der Waals surface area (Å²) in [4.78, 5) is 0.351. The Morgan fingerprint density at radius 3 is 2.33 bits per heavy atom. The van der Waals surface area contributed by atoms with E-state index in [1.54, 1.807) is 13.8 Å². The molecule has 0 radical (unpaired) electrons. The third kappa shape index (κ3) is 4.05. The Morgan fingerprint density at radius 1 is 1.14 bits per heavy atom. The minimum atomic E-state index is -3.63. The monoisotopic (exact) mass is 377 g/mol. The fraction of sp³-hybridized carbons (Fsp3) is 0.600. The molecule has 118 valence electrons. The summed E-state index contributed by atoms with van der Waals surface area (Å²) in [5.74, 6) is -0.406. The molecule has 2 atom stereocenters. The summed E-state index contributed by atoms with van der Waals surface area (Å²) in [7, 11) is -3.63. The van der Waals surface area contributed by atoms with E-state index in [1.807, 2.05) is 0 Å². The van der Waals surface area contributed by atoms with Crippen LogP contribution in [0.3, 0.4) is 0 Å². The smallest absolute Gasteiger partial charge is 0.207 e. The Bertz CT molecular complexity index is 595. The summed E-state index contributed by atoms with van der Waals surface area (Å²) in [6.07, 6.45) is 5.07. The second-order valence-corrected chi connectivity index (χ2v) is 8.58. The van der Waals surface area contributed by atoms with Crippen molar-refractivity contribution in [1.29, 1.82) is 0 Å². The van der Waals surface area contributed by atoms with Crippen LogP contribution in [0.4, 0.5) is 4.39 Å². The van der Waals surface area contributed by atoms with E-state index in [2.05, 4.69) is 20.7 Å². The molecule has 3 nitrogen and oxygen atoms in total. The van der Waals surface area contributed by atoms with Gasteiger partial charge in [-0.15, -0.1) is 0 Å². The second kappa shape index (κ2) is 6.75. The summed E-state index contributed by atoms with van der Waals surface area (Å²) < 4.78 is 41.5. The molecule has 1 saturated carbocycles. The van der Waals surface area contributed by atoms with Gasteiger partial charge in [-0.1, -0.05) is 35.2 Å². The van der Waals surface area contributed by atoms with Gasteiger partial charge in [0.1, 0.15) is 5.82 Å². The van der Waals surface area contributed by atoms with E-state index in [0.29, 0.717) is 11.1 Å². The number of alkyl halides is 1. The zero-order chi connectivity index (χ0) is 15.6. The zero-order valence-corrected chi connectivity index (χ0v) is 14.7. The van der Waals surface area contributed by atoms with E-state index in [-0.39, 0.29) is 15.8 Å². The molecule has 21 heavy (non-hydrogen) atoms. The fourth-order valence-electron chi connectivity index (χ4n) is 2.97. The van der Waals surface area contributed by atoms with Gasteiger partial charge in [-0.3, -0.25) is 0 Å². The highest BCUT2D eigenvalue weighted by molar-refractivity contribution is 9.09. The van der Waals surface area contributed by atoms with Crippen molar-refractivity contribution >= 4 is 26.0 Å². The van der Waals surface area contributed by atoms with Gasteiger partial charge in [0.05, 0.1) is 4.90 Å². The van der Waals surface area contributed by atoms with Crippen molar-refractivity contribution in [3.8, 4) is 0 Å².